The number of azo groups is 2. The highest BCUT2D eigenvalue weighted by molar-refractivity contribution is 5.67. The third kappa shape index (κ3) is 8.23. The van der Waals surface area contributed by atoms with Gasteiger partial charge in [-0.2, -0.15) is 5.11 Å². The number of non-ortho nitro benzene ring substituents is 1. The van der Waals surface area contributed by atoms with Gasteiger partial charge in [0.05, 0.1) is 49.0 Å². The highest BCUT2D eigenvalue weighted by atomic mass is 16.6. The number of nitro groups is 2. The van der Waals surface area contributed by atoms with Gasteiger partial charge in [-0.05, 0) is 30.3 Å². The number of ether oxygens (including phenoxy) is 4. The minimum Gasteiger partial charge on any atom is -0.494 e. The van der Waals surface area contributed by atoms with E-state index in [1.807, 2.05) is 24.3 Å². The Balaban J connectivity index is 1.86. The summed E-state index contributed by atoms with van der Waals surface area (Å²) in [4.78, 5) is 23.0. The SMILES string of the molecule is COCCN(CCOC)c1ccc(N=Nc2cc(OC)c(N=Nc3ccc([N+](=O)[O-])cc3[N+](=O)[O-])cc2OC)cc1. The first-order chi connectivity index (χ1) is 19.8. The van der Waals surface area contributed by atoms with Gasteiger partial charge in [0, 0.05) is 51.2 Å². The van der Waals surface area contributed by atoms with Crippen molar-refractivity contribution in [3.8, 4) is 11.5 Å². The largest absolute Gasteiger partial charge is 0.494 e. The van der Waals surface area contributed by atoms with Gasteiger partial charge in [0.1, 0.15) is 22.9 Å². The fraction of sp³-hybridized carbons (Fsp3) is 0.308. The van der Waals surface area contributed by atoms with E-state index < -0.39 is 21.2 Å². The topological polar surface area (TPSA) is 176 Å². The maximum atomic E-state index is 11.4. The van der Waals surface area contributed by atoms with Crippen molar-refractivity contribution in [3.05, 3.63) is 74.8 Å². The summed E-state index contributed by atoms with van der Waals surface area (Å²) in [5.74, 6) is 0.541. The van der Waals surface area contributed by atoms with Crippen molar-refractivity contribution >= 4 is 39.8 Å². The van der Waals surface area contributed by atoms with Gasteiger partial charge in [-0.3, -0.25) is 20.2 Å². The van der Waals surface area contributed by atoms with E-state index in [0.717, 1.165) is 23.9 Å². The summed E-state index contributed by atoms with van der Waals surface area (Å²) in [5, 5.41) is 38.9. The van der Waals surface area contributed by atoms with Crippen molar-refractivity contribution in [2.75, 3.05) is 59.6 Å². The molecule has 0 aliphatic heterocycles. The molecule has 0 heterocycles. The van der Waals surface area contributed by atoms with Crippen molar-refractivity contribution < 1.29 is 28.8 Å². The van der Waals surface area contributed by atoms with Crippen molar-refractivity contribution in [2.45, 2.75) is 0 Å². The summed E-state index contributed by atoms with van der Waals surface area (Å²) in [6.45, 7) is 2.57. The van der Waals surface area contributed by atoms with Gasteiger partial charge in [0.15, 0.2) is 5.69 Å². The molecule has 0 aliphatic rings. The molecule has 15 nitrogen and oxygen atoms in total. The fourth-order valence-corrected chi connectivity index (χ4v) is 3.60. The first kappa shape index (κ1) is 30.5. The highest BCUT2D eigenvalue weighted by Crippen LogP contribution is 2.42. The lowest BCUT2D eigenvalue weighted by Crippen LogP contribution is -2.30. The first-order valence-corrected chi connectivity index (χ1v) is 12.2. The molecule has 0 spiro atoms. The fourth-order valence-electron chi connectivity index (χ4n) is 3.60. The van der Waals surface area contributed by atoms with Crippen molar-refractivity contribution in [2.24, 2.45) is 20.5 Å². The molecule has 0 aliphatic carbocycles. The van der Waals surface area contributed by atoms with E-state index in [-0.39, 0.29) is 17.1 Å². The molecule has 0 saturated carbocycles. The second-order valence-electron chi connectivity index (χ2n) is 8.27. The minimum atomic E-state index is -0.772. The number of nitro benzene ring substituents is 2. The van der Waals surface area contributed by atoms with E-state index in [9.17, 15) is 20.2 Å². The molecule has 0 atom stereocenters. The average molecular weight is 568 g/mol. The molecule has 0 amide bonds. The quantitative estimate of drug-likeness (QED) is 0.113. The third-order valence-corrected chi connectivity index (χ3v) is 5.73. The van der Waals surface area contributed by atoms with E-state index in [1.54, 1.807) is 14.2 Å². The van der Waals surface area contributed by atoms with Crippen LogP contribution in [0.4, 0.5) is 39.8 Å². The van der Waals surface area contributed by atoms with Crippen molar-refractivity contribution in [1.29, 1.82) is 0 Å². The maximum absolute atomic E-state index is 11.4. The molecule has 0 N–H and O–H groups in total. The lowest BCUT2D eigenvalue weighted by atomic mass is 10.2. The van der Waals surface area contributed by atoms with Crippen LogP contribution in [0.5, 0.6) is 11.5 Å². The molecule has 0 radical (unpaired) electrons. The lowest BCUT2D eigenvalue weighted by molar-refractivity contribution is -0.393. The molecule has 0 bridgehead atoms. The molecule has 216 valence electrons. The third-order valence-electron chi connectivity index (χ3n) is 5.73. The average Bonchev–Trinajstić information content (AvgIpc) is 2.99. The van der Waals surface area contributed by atoms with Gasteiger partial charge < -0.3 is 23.8 Å². The minimum absolute atomic E-state index is 0.170. The van der Waals surface area contributed by atoms with Crippen molar-refractivity contribution in [1.82, 2.24) is 0 Å². The van der Waals surface area contributed by atoms with E-state index in [1.165, 1.54) is 26.4 Å². The van der Waals surface area contributed by atoms with Crippen LogP contribution in [0, 0.1) is 20.2 Å². The maximum Gasteiger partial charge on any atom is 0.303 e. The summed E-state index contributed by atoms with van der Waals surface area (Å²) in [6, 6.07) is 13.6. The Morgan fingerprint density at radius 1 is 0.683 bits per heavy atom. The Bertz CT molecular complexity index is 1410. The molecule has 0 saturated heterocycles. The van der Waals surface area contributed by atoms with Crippen LogP contribution in [-0.2, 0) is 9.47 Å². The van der Waals surface area contributed by atoms with Crippen LogP contribution in [0.15, 0.2) is 75.1 Å². The van der Waals surface area contributed by atoms with E-state index in [2.05, 4.69) is 25.4 Å². The molecular weight excluding hydrogens is 538 g/mol. The first-order valence-electron chi connectivity index (χ1n) is 12.2. The number of hydrogen-bond acceptors (Lipinski definition) is 13. The van der Waals surface area contributed by atoms with E-state index in [0.29, 0.717) is 43.4 Å². The number of rotatable bonds is 15. The second-order valence-corrected chi connectivity index (χ2v) is 8.27. The predicted octanol–water partition coefficient (Wildman–Crippen LogP) is 6.45. The molecular formula is C26H29N7O8. The van der Waals surface area contributed by atoms with Gasteiger partial charge in [-0.15, -0.1) is 15.3 Å². The molecule has 3 aromatic rings. The zero-order valence-electron chi connectivity index (χ0n) is 22.9. The van der Waals surface area contributed by atoms with Crippen molar-refractivity contribution in [3.63, 3.8) is 0 Å². The lowest BCUT2D eigenvalue weighted by Gasteiger charge is -2.24. The zero-order valence-corrected chi connectivity index (χ0v) is 22.9. The Morgan fingerprint density at radius 2 is 1.22 bits per heavy atom. The molecule has 3 rings (SSSR count). The number of methoxy groups -OCH3 is 4. The summed E-state index contributed by atoms with van der Waals surface area (Å²) < 4.78 is 21.2. The summed E-state index contributed by atoms with van der Waals surface area (Å²) in [5.41, 5.74) is 0.946. The monoisotopic (exact) mass is 567 g/mol. The van der Waals surface area contributed by atoms with Crippen LogP contribution < -0.4 is 14.4 Å². The van der Waals surface area contributed by atoms with Crippen LogP contribution >= 0.6 is 0 Å². The molecule has 15 heteroatoms. The van der Waals surface area contributed by atoms with Gasteiger partial charge in [-0.1, -0.05) is 0 Å². The molecule has 0 unspecified atom stereocenters. The van der Waals surface area contributed by atoms with Gasteiger partial charge in [-0.25, -0.2) is 0 Å². The van der Waals surface area contributed by atoms with Crippen LogP contribution in [0.25, 0.3) is 0 Å². The summed E-state index contributed by atoms with van der Waals surface area (Å²) in [6.07, 6.45) is 0. The number of nitrogens with zero attached hydrogens (tertiary/aromatic N) is 7. The van der Waals surface area contributed by atoms with Gasteiger partial charge in [0.25, 0.3) is 5.69 Å². The smallest absolute Gasteiger partial charge is 0.303 e. The Hall–Kier alpha value is -5.02. The van der Waals surface area contributed by atoms with Crippen LogP contribution in [0.2, 0.25) is 0 Å². The van der Waals surface area contributed by atoms with Gasteiger partial charge >= 0.3 is 5.69 Å². The zero-order chi connectivity index (χ0) is 29.8. The van der Waals surface area contributed by atoms with Crippen LogP contribution in [-0.4, -0.2) is 64.6 Å². The Morgan fingerprint density at radius 3 is 1.71 bits per heavy atom. The number of benzene rings is 3. The Labute approximate surface area is 235 Å². The summed E-state index contributed by atoms with van der Waals surface area (Å²) in [7, 11) is 6.16. The summed E-state index contributed by atoms with van der Waals surface area (Å²) >= 11 is 0. The number of anilines is 1. The van der Waals surface area contributed by atoms with Crippen LogP contribution in [0.3, 0.4) is 0 Å². The van der Waals surface area contributed by atoms with Gasteiger partial charge in [0.2, 0.25) is 0 Å². The predicted molar refractivity (Wildman–Crippen MR) is 150 cm³/mol. The van der Waals surface area contributed by atoms with Crippen LogP contribution in [0.1, 0.15) is 0 Å². The normalized spacial score (nSPS) is 11.2. The molecule has 3 aromatic carbocycles. The molecule has 41 heavy (non-hydrogen) atoms. The Kier molecular flexibility index (Phi) is 11.1. The molecule has 0 fully saturated rings. The standard InChI is InChI=1S/C26H29N7O8/c1-38-13-11-31(12-14-39-2)19-7-5-18(6-8-19)27-29-22-16-26(41-4)23(17-25(22)40-3)30-28-21-10-9-20(32(34)35)15-24(21)33(36)37/h5-10,15-17H,11-14H2,1-4H3. The molecule has 0 aromatic heterocycles. The highest BCUT2D eigenvalue weighted by Gasteiger charge is 2.20. The second kappa shape index (κ2) is 14.9. The van der Waals surface area contributed by atoms with E-state index in [4.69, 9.17) is 18.9 Å². The number of hydrogen-bond donors (Lipinski definition) is 0. The van der Waals surface area contributed by atoms with E-state index >= 15 is 0 Å².